The molecule has 0 spiro atoms. The summed E-state index contributed by atoms with van der Waals surface area (Å²) in [7, 11) is -4.19. The van der Waals surface area contributed by atoms with Crippen molar-refractivity contribution in [1.82, 2.24) is 24.4 Å². The fourth-order valence-corrected chi connectivity index (χ4v) is 7.17. The number of aromatic nitrogens is 1. The zero-order valence-electron chi connectivity index (χ0n) is 26.6. The summed E-state index contributed by atoms with van der Waals surface area (Å²) in [5.41, 5.74) is -0.0964. The number of hydrogen-bond donors (Lipinski definition) is 2. The minimum absolute atomic E-state index is 0.0841. The molecule has 2 saturated heterocycles. The highest BCUT2D eigenvalue weighted by atomic mass is 32.2. The number of allylic oxidation sites excluding steroid dienone is 1. The van der Waals surface area contributed by atoms with E-state index in [2.05, 4.69) is 54.5 Å². The minimum Gasteiger partial charge on any atom is -0.370 e. The Kier molecular flexibility index (Phi) is 10.1. The molecule has 0 saturated carbocycles. The summed E-state index contributed by atoms with van der Waals surface area (Å²) in [5.74, 6) is 1.11. The average molecular weight is 616 g/mol. The van der Waals surface area contributed by atoms with E-state index in [1.165, 1.54) is 6.07 Å². The number of urea groups is 1. The number of carbonyl (C=O) groups is 2. The van der Waals surface area contributed by atoms with Crippen LogP contribution in [0, 0.1) is 11.3 Å². The summed E-state index contributed by atoms with van der Waals surface area (Å²) >= 11 is 0. The molecule has 0 aromatic carbocycles. The number of aliphatic imine (C=N–C) groups is 1. The van der Waals surface area contributed by atoms with Gasteiger partial charge in [-0.15, -0.1) is 0 Å². The first-order valence-electron chi connectivity index (χ1n) is 15.6. The van der Waals surface area contributed by atoms with Crippen molar-refractivity contribution in [2.24, 2.45) is 16.3 Å². The van der Waals surface area contributed by atoms with Crippen molar-refractivity contribution in [1.29, 1.82) is 0 Å². The van der Waals surface area contributed by atoms with Gasteiger partial charge in [-0.25, -0.2) is 19.5 Å². The maximum Gasteiger partial charge on any atom is 0.325 e. The summed E-state index contributed by atoms with van der Waals surface area (Å²) < 4.78 is 28.4. The summed E-state index contributed by atoms with van der Waals surface area (Å²) in [5, 5.41) is 2.99. The summed E-state index contributed by atoms with van der Waals surface area (Å²) in [6.07, 6.45) is 7.05. The van der Waals surface area contributed by atoms with Crippen LogP contribution in [-0.4, -0.2) is 84.1 Å². The van der Waals surface area contributed by atoms with Crippen LogP contribution in [0.15, 0.2) is 40.1 Å². The topological polar surface area (TPSA) is 127 Å². The lowest BCUT2D eigenvalue weighted by atomic mass is 9.90. The molecule has 1 atom stereocenters. The number of anilines is 1. The van der Waals surface area contributed by atoms with Crippen molar-refractivity contribution >= 4 is 33.6 Å². The van der Waals surface area contributed by atoms with Crippen LogP contribution < -0.4 is 10.0 Å². The van der Waals surface area contributed by atoms with E-state index in [0.717, 1.165) is 32.1 Å². The van der Waals surface area contributed by atoms with Crippen LogP contribution in [0.3, 0.4) is 0 Å². The Morgan fingerprint density at radius 1 is 1.21 bits per heavy atom. The van der Waals surface area contributed by atoms with Crippen molar-refractivity contribution in [3.8, 4) is 0 Å². The highest BCUT2D eigenvalue weighted by Gasteiger charge is 2.41. The van der Waals surface area contributed by atoms with E-state index >= 15 is 0 Å². The molecule has 43 heavy (non-hydrogen) atoms. The molecule has 2 N–H and O–H groups in total. The lowest BCUT2D eigenvalue weighted by Crippen LogP contribution is -2.45. The fraction of sp³-hybridized carbons (Fsp3) is 0.677. The zero-order valence-corrected chi connectivity index (χ0v) is 27.5. The number of fused-ring (bicyclic) bond motifs is 4. The standard InChI is InChI=1S/C31H49N7O4S/c1-7-11-25(37-19-18-36(29(37)40)17-10-15-30(2,3)4)34-26-20-27(39)35-43(41,42)28-14-8-13-24(33-28)32-16-9-12-23-21-31(5,6)38(26)22-23/h8,11,13-14,23H,7,9-10,12,15-22H2,1-6H3,(H,32,33)(H,35,39)/b25-11+,34-26+/t23-/m0/s1. The number of sulfonamides is 1. The van der Waals surface area contributed by atoms with E-state index in [9.17, 15) is 18.0 Å². The highest BCUT2D eigenvalue weighted by Crippen LogP contribution is 2.36. The number of nitrogens with zero attached hydrogens (tertiary/aromatic N) is 5. The Balaban J connectivity index is 1.64. The predicted octanol–water partition coefficient (Wildman–Crippen LogP) is 4.80. The van der Waals surface area contributed by atoms with Gasteiger partial charge in [-0.2, -0.15) is 8.42 Å². The lowest BCUT2D eigenvalue weighted by Gasteiger charge is -2.35. The molecule has 3 amide bonds. The van der Waals surface area contributed by atoms with E-state index in [0.29, 0.717) is 62.5 Å². The molecule has 4 bridgehead atoms. The van der Waals surface area contributed by atoms with Crippen LogP contribution in [0.2, 0.25) is 0 Å². The molecule has 0 unspecified atom stereocenters. The van der Waals surface area contributed by atoms with Gasteiger partial charge < -0.3 is 15.1 Å². The molecular formula is C31H49N7O4S. The number of nitrogens with one attached hydrogen (secondary N) is 2. The maximum atomic E-state index is 13.5. The monoisotopic (exact) mass is 615 g/mol. The minimum atomic E-state index is -4.19. The van der Waals surface area contributed by atoms with E-state index in [-0.39, 0.29) is 28.4 Å². The second-order valence-corrected chi connectivity index (χ2v) is 15.3. The highest BCUT2D eigenvalue weighted by molar-refractivity contribution is 7.90. The number of amidine groups is 1. The Morgan fingerprint density at radius 2 is 1.98 bits per heavy atom. The van der Waals surface area contributed by atoms with E-state index in [4.69, 9.17) is 4.99 Å². The molecule has 238 valence electrons. The van der Waals surface area contributed by atoms with Gasteiger partial charge >= 0.3 is 6.03 Å². The molecule has 4 rings (SSSR count). The van der Waals surface area contributed by atoms with Crippen molar-refractivity contribution in [2.45, 2.75) is 97.1 Å². The fourth-order valence-electron chi connectivity index (χ4n) is 6.22. The maximum absolute atomic E-state index is 13.5. The van der Waals surface area contributed by atoms with Gasteiger partial charge in [-0.05, 0) is 81.9 Å². The SMILES string of the molecule is CC/C=C(\N=C1/CC(=O)NS(=O)(=O)c2cccc(n2)NCCC[C@@H]2CN1C(C)(C)C2)N1CCN(CCCC(C)(C)C)C1=O. The Labute approximate surface area is 257 Å². The number of hydrogen-bond acceptors (Lipinski definition) is 7. The van der Waals surface area contributed by atoms with Crippen LogP contribution in [0.25, 0.3) is 0 Å². The lowest BCUT2D eigenvalue weighted by molar-refractivity contribution is -0.118. The van der Waals surface area contributed by atoms with Gasteiger partial charge in [0.25, 0.3) is 10.0 Å². The van der Waals surface area contributed by atoms with Gasteiger partial charge in [-0.1, -0.05) is 33.8 Å². The molecule has 1 aromatic rings. The van der Waals surface area contributed by atoms with Crippen molar-refractivity contribution in [2.75, 3.05) is 38.0 Å². The molecule has 11 nitrogen and oxygen atoms in total. The second-order valence-electron chi connectivity index (χ2n) is 13.7. The van der Waals surface area contributed by atoms with E-state index in [1.54, 1.807) is 17.0 Å². The quantitative estimate of drug-likeness (QED) is 0.471. The predicted molar refractivity (Wildman–Crippen MR) is 169 cm³/mol. The molecule has 3 aliphatic heterocycles. The van der Waals surface area contributed by atoms with E-state index < -0.39 is 15.9 Å². The molecule has 2 fully saturated rings. The van der Waals surface area contributed by atoms with Crippen LogP contribution in [0.1, 0.15) is 86.5 Å². The van der Waals surface area contributed by atoms with Crippen molar-refractivity contribution < 1.29 is 18.0 Å². The summed E-state index contributed by atoms with van der Waals surface area (Å²) in [6.45, 7) is 16.0. The van der Waals surface area contributed by atoms with Crippen LogP contribution in [0.5, 0.6) is 0 Å². The largest absolute Gasteiger partial charge is 0.370 e. The van der Waals surface area contributed by atoms with Crippen LogP contribution in [-0.2, 0) is 14.8 Å². The molecule has 12 heteroatoms. The third kappa shape index (κ3) is 8.49. The van der Waals surface area contributed by atoms with Crippen molar-refractivity contribution in [3.05, 3.63) is 30.1 Å². The van der Waals surface area contributed by atoms with Gasteiger partial charge in [0.1, 0.15) is 17.5 Å². The third-order valence-corrected chi connectivity index (χ3v) is 9.56. The molecule has 4 heterocycles. The summed E-state index contributed by atoms with van der Waals surface area (Å²) in [6, 6.07) is 4.61. The Morgan fingerprint density at radius 3 is 2.70 bits per heavy atom. The summed E-state index contributed by atoms with van der Waals surface area (Å²) in [4.78, 5) is 41.8. The van der Waals surface area contributed by atoms with Gasteiger partial charge in [0.15, 0.2) is 5.03 Å². The van der Waals surface area contributed by atoms with Crippen molar-refractivity contribution in [3.63, 3.8) is 0 Å². The number of carbonyl (C=O) groups excluding carboxylic acids is 2. The average Bonchev–Trinajstić information content (AvgIpc) is 3.42. The number of amides is 3. The van der Waals surface area contributed by atoms with Gasteiger partial charge in [-0.3, -0.25) is 9.69 Å². The molecule has 0 radical (unpaired) electrons. The Bertz CT molecular complexity index is 1350. The first-order valence-corrected chi connectivity index (χ1v) is 17.1. The van der Waals surface area contributed by atoms with E-state index in [1.807, 2.05) is 17.9 Å². The molecule has 1 aromatic heterocycles. The van der Waals surface area contributed by atoms with Gasteiger partial charge in [0.05, 0.1) is 6.42 Å². The second kappa shape index (κ2) is 13.2. The number of pyridine rings is 1. The third-order valence-electron chi connectivity index (χ3n) is 8.29. The van der Waals surface area contributed by atoms with Crippen LogP contribution in [0.4, 0.5) is 10.6 Å². The van der Waals surface area contributed by atoms with Gasteiger partial charge in [0.2, 0.25) is 5.91 Å². The zero-order chi connectivity index (χ0) is 31.4. The molecule has 3 aliphatic rings. The first-order chi connectivity index (χ1) is 20.2. The van der Waals surface area contributed by atoms with Crippen LogP contribution >= 0.6 is 0 Å². The van der Waals surface area contributed by atoms with Gasteiger partial charge in [0, 0.05) is 38.3 Å². The normalized spacial score (nSPS) is 24.0. The first kappa shape index (κ1) is 32.8. The molecule has 0 aliphatic carbocycles. The number of rotatable bonds is 6. The smallest absolute Gasteiger partial charge is 0.325 e. The molecular weight excluding hydrogens is 566 g/mol. The Hall–Kier alpha value is -3.15.